The minimum Gasteiger partial charge on any atom is -0.476 e. The van der Waals surface area contributed by atoms with Crippen molar-refractivity contribution in [3.8, 4) is 0 Å². The van der Waals surface area contributed by atoms with Gasteiger partial charge in [-0.2, -0.15) is 0 Å². The zero-order valence-electron chi connectivity index (χ0n) is 8.53. The molecule has 5 nitrogen and oxygen atoms in total. The first-order valence-corrected chi connectivity index (χ1v) is 4.59. The van der Waals surface area contributed by atoms with Crippen molar-refractivity contribution >= 4 is 11.8 Å². The van der Waals surface area contributed by atoms with E-state index < -0.39 is 5.97 Å². The van der Waals surface area contributed by atoms with Crippen LogP contribution in [0.3, 0.4) is 0 Å². The van der Waals surface area contributed by atoms with E-state index in [-0.39, 0.29) is 5.69 Å². The largest absolute Gasteiger partial charge is 0.476 e. The molecule has 15 heavy (non-hydrogen) atoms. The lowest BCUT2D eigenvalue weighted by Crippen LogP contribution is -2.07. The Morgan fingerprint density at radius 2 is 2.27 bits per heavy atom. The van der Waals surface area contributed by atoms with Gasteiger partial charge in [0.1, 0.15) is 5.82 Å². The molecule has 1 aromatic heterocycles. The smallest absolute Gasteiger partial charge is 0.356 e. The zero-order valence-corrected chi connectivity index (χ0v) is 8.53. The van der Waals surface area contributed by atoms with Gasteiger partial charge in [-0.05, 0) is 6.42 Å². The van der Waals surface area contributed by atoms with E-state index in [1.54, 1.807) is 0 Å². The molecule has 0 spiro atoms. The van der Waals surface area contributed by atoms with Crippen molar-refractivity contribution in [3.05, 3.63) is 30.2 Å². The van der Waals surface area contributed by atoms with Gasteiger partial charge in [0, 0.05) is 6.54 Å². The van der Waals surface area contributed by atoms with E-state index in [1.807, 2.05) is 6.92 Å². The number of hydrogen-bond acceptors (Lipinski definition) is 4. The van der Waals surface area contributed by atoms with Crippen LogP contribution in [-0.4, -0.2) is 27.6 Å². The molecule has 5 heteroatoms. The van der Waals surface area contributed by atoms with E-state index in [0.29, 0.717) is 12.4 Å². The Labute approximate surface area is 87.9 Å². The van der Waals surface area contributed by atoms with E-state index in [2.05, 4.69) is 21.9 Å². The third kappa shape index (κ3) is 3.38. The van der Waals surface area contributed by atoms with Crippen molar-refractivity contribution in [2.45, 2.75) is 13.3 Å². The molecule has 0 saturated carbocycles. The summed E-state index contributed by atoms with van der Waals surface area (Å²) >= 11 is 0. The summed E-state index contributed by atoms with van der Waals surface area (Å²) in [5.74, 6) is -0.526. The topological polar surface area (TPSA) is 75.1 Å². The number of nitrogens with zero attached hydrogens (tertiary/aromatic N) is 2. The molecule has 0 aromatic carbocycles. The summed E-state index contributed by atoms with van der Waals surface area (Å²) in [4.78, 5) is 18.1. The molecule has 0 saturated heterocycles. The van der Waals surface area contributed by atoms with Crippen LogP contribution in [0, 0.1) is 0 Å². The van der Waals surface area contributed by atoms with Gasteiger partial charge in [0.25, 0.3) is 0 Å². The highest BCUT2D eigenvalue weighted by Gasteiger charge is 2.04. The molecule has 0 unspecified atom stereocenters. The average molecular weight is 207 g/mol. The van der Waals surface area contributed by atoms with E-state index in [0.717, 1.165) is 12.0 Å². The second kappa shape index (κ2) is 5.09. The van der Waals surface area contributed by atoms with Crippen LogP contribution in [0.15, 0.2) is 24.5 Å². The number of nitrogens with one attached hydrogen (secondary N) is 1. The van der Waals surface area contributed by atoms with Crippen LogP contribution >= 0.6 is 0 Å². The van der Waals surface area contributed by atoms with Gasteiger partial charge in [0.05, 0.1) is 12.4 Å². The van der Waals surface area contributed by atoms with Crippen molar-refractivity contribution in [2.24, 2.45) is 0 Å². The molecular weight excluding hydrogens is 194 g/mol. The van der Waals surface area contributed by atoms with Crippen LogP contribution in [0.25, 0.3) is 0 Å². The Morgan fingerprint density at radius 3 is 2.73 bits per heavy atom. The van der Waals surface area contributed by atoms with Gasteiger partial charge in [-0.1, -0.05) is 19.1 Å². The number of rotatable bonds is 5. The first kappa shape index (κ1) is 11.2. The predicted octanol–water partition coefficient (Wildman–Crippen LogP) is 1.55. The molecule has 0 aliphatic rings. The monoisotopic (exact) mass is 207 g/mol. The van der Waals surface area contributed by atoms with Crippen molar-refractivity contribution < 1.29 is 9.90 Å². The SMILES string of the molecule is C=C(CC)CNc1cnc(C(=O)O)cn1. The maximum absolute atomic E-state index is 10.5. The van der Waals surface area contributed by atoms with Gasteiger partial charge < -0.3 is 10.4 Å². The highest BCUT2D eigenvalue weighted by Crippen LogP contribution is 2.03. The maximum Gasteiger partial charge on any atom is 0.356 e. The van der Waals surface area contributed by atoms with Crippen molar-refractivity contribution in [3.63, 3.8) is 0 Å². The van der Waals surface area contributed by atoms with Crippen LogP contribution in [0.4, 0.5) is 5.82 Å². The van der Waals surface area contributed by atoms with E-state index >= 15 is 0 Å². The Hall–Kier alpha value is -1.91. The molecular formula is C10H13N3O2. The minimum absolute atomic E-state index is 0.0603. The molecule has 1 heterocycles. The number of aromatic carboxylic acids is 1. The summed E-state index contributed by atoms with van der Waals surface area (Å²) in [6.45, 7) is 6.47. The first-order valence-electron chi connectivity index (χ1n) is 4.59. The fourth-order valence-corrected chi connectivity index (χ4v) is 0.870. The molecule has 0 atom stereocenters. The summed E-state index contributed by atoms with van der Waals surface area (Å²) in [6.07, 6.45) is 3.51. The normalized spacial score (nSPS) is 9.67. The van der Waals surface area contributed by atoms with Crippen LogP contribution in [0.1, 0.15) is 23.8 Å². The highest BCUT2D eigenvalue weighted by atomic mass is 16.4. The van der Waals surface area contributed by atoms with E-state index in [1.165, 1.54) is 12.4 Å². The fraction of sp³-hybridized carbons (Fsp3) is 0.300. The van der Waals surface area contributed by atoms with Gasteiger partial charge in [-0.15, -0.1) is 0 Å². The average Bonchev–Trinajstić information content (AvgIpc) is 2.26. The second-order valence-electron chi connectivity index (χ2n) is 3.05. The summed E-state index contributed by atoms with van der Waals surface area (Å²) in [7, 11) is 0. The second-order valence-corrected chi connectivity index (χ2v) is 3.05. The van der Waals surface area contributed by atoms with Gasteiger partial charge in [-0.3, -0.25) is 0 Å². The van der Waals surface area contributed by atoms with Crippen LogP contribution in [0.5, 0.6) is 0 Å². The lowest BCUT2D eigenvalue weighted by molar-refractivity contribution is 0.0690. The fourth-order valence-electron chi connectivity index (χ4n) is 0.870. The van der Waals surface area contributed by atoms with Crippen molar-refractivity contribution in [1.29, 1.82) is 0 Å². The highest BCUT2D eigenvalue weighted by molar-refractivity contribution is 5.84. The molecule has 0 aliphatic heterocycles. The maximum atomic E-state index is 10.5. The molecule has 2 N–H and O–H groups in total. The number of hydrogen-bond donors (Lipinski definition) is 2. The Balaban J connectivity index is 2.57. The molecule has 80 valence electrons. The molecule has 0 radical (unpaired) electrons. The molecule has 0 aliphatic carbocycles. The third-order valence-corrected chi connectivity index (χ3v) is 1.89. The van der Waals surface area contributed by atoms with Gasteiger partial charge in [0.15, 0.2) is 5.69 Å². The quantitative estimate of drug-likeness (QED) is 0.716. The number of carboxylic acids is 1. The Bertz CT molecular complexity index is 359. The van der Waals surface area contributed by atoms with E-state index in [4.69, 9.17) is 5.11 Å². The standard InChI is InChI=1S/C10H13N3O2/c1-3-7(2)4-12-9-6-11-8(5-13-9)10(14)15/h5-6H,2-4H2,1H3,(H,12,13)(H,14,15). The minimum atomic E-state index is -1.08. The molecule has 0 amide bonds. The van der Waals surface area contributed by atoms with Crippen LogP contribution in [0.2, 0.25) is 0 Å². The number of carboxylic acid groups (broad SMARTS) is 1. The van der Waals surface area contributed by atoms with Crippen molar-refractivity contribution in [1.82, 2.24) is 9.97 Å². The predicted molar refractivity (Wildman–Crippen MR) is 56.9 cm³/mol. The Morgan fingerprint density at radius 1 is 1.53 bits per heavy atom. The molecule has 0 fully saturated rings. The Kier molecular flexibility index (Phi) is 3.79. The van der Waals surface area contributed by atoms with Gasteiger partial charge >= 0.3 is 5.97 Å². The zero-order chi connectivity index (χ0) is 11.3. The molecule has 1 aromatic rings. The van der Waals surface area contributed by atoms with Crippen LogP contribution in [-0.2, 0) is 0 Å². The van der Waals surface area contributed by atoms with E-state index in [9.17, 15) is 4.79 Å². The number of carbonyl (C=O) groups is 1. The first-order chi connectivity index (χ1) is 7.13. The third-order valence-electron chi connectivity index (χ3n) is 1.89. The van der Waals surface area contributed by atoms with Gasteiger partial charge in [-0.25, -0.2) is 14.8 Å². The number of aromatic nitrogens is 2. The summed E-state index contributed by atoms with van der Waals surface area (Å²) in [5, 5.41) is 11.6. The molecule has 1 rings (SSSR count). The summed E-state index contributed by atoms with van der Waals surface area (Å²) < 4.78 is 0. The summed E-state index contributed by atoms with van der Waals surface area (Å²) in [5.41, 5.74) is 0.994. The van der Waals surface area contributed by atoms with Crippen LogP contribution < -0.4 is 5.32 Å². The summed E-state index contributed by atoms with van der Waals surface area (Å²) in [6, 6.07) is 0. The van der Waals surface area contributed by atoms with Gasteiger partial charge in [0.2, 0.25) is 0 Å². The lowest BCUT2D eigenvalue weighted by atomic mass is 10.2. The molecule has 0 bridgehead atoms. The number of anilines is 1. The lowest BCUT2D eigenvalue weighted by Gasteiger charge is -2.05. The van der Waals surface area contributed by atoms with Crippen molar-refractivity contribution in [2.75, 3.05) is 11.9 Å².